The first-order valence-corrected chi connectivity index (χ1v) is 25.3. The van der Waals surface area contributed by atoms with Gasteiger partial charge in [0.2, 0.25) is 0 Å². The van der Waals surface area contributed by atoms with Crippen molar-refractivity contribution >= 4 is 49.5 Å². The van der Waals surface area contributed by atoms with Crippen molar-refractivity contribution in [2.75, 3.05) is 4.90 Å². The maximum absolute atomic E-state index is 2.71. The second kappa shape index (κ2) is 16.8. The van der Waals surface area contributed by atoms with E-state index in [-0.39, 0.29) is 11.3 Å². The molecule has 3 aliphatic rings. The molecule has 1 saturated carbocycles. The third kappa shape index (κ3) is 6.53. The van der Waals surface area contributed by atoms with E-state index in [4.69, 9.17) is 0 Å². The first kappa shape index (κ1) is 41.5. The van der Waals surface area contributed by atoms with Gasteiger partial charge in [0.05, 0.1) is 22.4 Å². The summed E-state index contributed by atoms with van der Waals surface area (Å²) in [6.07, 6.45) is 12.3. The summed E-state index contributed by atoms with van der Waals surface area (Å²) in [7, 11) is 0. The van der Waals surface area contributed by atoms with E-state index < -0.39 is 0 Å². The summed E-state index contributed by atoms with van der Waals surface area (Å²) in [6.45, 7) is 4.88. The van der Waals surface area contributed by atoms with Gasteiger partial charge in [0.25, 0.3) is 0 Å². The van der Waals surface area contributed by atoms with E-state index in [0.29, 0.717) is 5.92 Å². The van der Waals surface area contributed by atoms with E-state index in [9.17, 15) is 0 Å². The SMILES string of the molecule is CC1CC=CC(c2cccc3c2-c2ccccc2C3(C)c2ccccc2)=C1N(c1ccccc1-c1cccc2cccc(C3CCCCC3)c12)c1cccc2c1c1ccccc1n2-c1ccccc1. The summed E-state index contributed by atoms with van der Waals surface area (Å²) in [4.78, 5) is 2.71. The summed E-state index contributed by atoms with van der Waals surface area (Å²) in [6, 6.07) is 77.7. The Balaban J connectivity index is 1.14. The standard InChI is InChI=1S/C67H56N2/c1-45-23-18-38-54(53-37-21-40-58-64(53)55-33-12-15-39-57(55)67(58,2)48-28-8-4-9-29-48)66(45)69(62-44-22-43-61-65(62)56-34-14-17-42-60(56)68(61)49-30-10-5-11-31-49)59-41-16-13-32-51(59)52-36-20-27-47-26-19-35-50(63(47)52)46-24-6-3-7-25-46/h4-5,8-22,26-46H,3,6-7,23-25H2,1-2H3. The third-order valence-corrected chi connectivity index (χ3v) is 16.1. The summed E-state index contributed by atoms with van der Waals surface area (Å²) in [5, 5.41) is 5.22. The fraction of sp³-hybridized carbons (Fsp3) is 0.164. The molecule has 2 nitrogen and oxygen atoms in total. The van der Waals surface area contributed by atoms with Crippen LogP contribution < -0.4 is 4.90 Å². The van der Waals surface area contributed by atoms with Crippen molar-refractivity contribution in [1.82, 2.24) is 4.57 Å². The lowest BCUT2D eigenvalue weighted by Gasteiger charge is -2.37. The maximum Gasteiger partial charge on any atom is 0.0562 e. The molecule has 0 bridgehead atoms. The summed E-state index contributed by atoms with van der Waals surface area (Å²) in [5.74, 6) is 0.751. The molecule has 9 aromatic carbocycles. The minimum atomic E-state index is -0.310. The topological polar surface area (TPSA) is 8.17 Å². The molecule has 1 fully saturated rings. The van der Waals surface area contributed by atoms with Crippen LogP contribution in [0.4, 0.5) is 11.4 Å². The van der Waals surface area contributed by atoms with Gasteiger partial charge in [-0.1, -0.05) is 208 Å². The zero-order valence-corrected chi connectivity index (χ0v) is 39.6. The smallest absolute Gasteiger partial charge is 0.0562 e. The predicted molar refractivity (Wildman–Crippen MR) is 292 cm³/mol. The normalized spacial score (nSPS) is 18.0. The molecule has 334 valence electrons. The molecule has 0 aliphatic heterocycles. The fourth-order valence-electron chi connectivity index (χ4n) is 12.9. The van der Waals surface area contributed by atoms with E-state index in [2.05, 4.69) is 242 Å². The lowest BCUT2D eigenvalue weighted by Crippen LogP contribution is -2.25. The zero-order chi connectivity index (χ0) is 46.1. The number of rotatable bonds is 8. The molecule has 69 heavy (non-hydrogen) atoms. The quantitative estimate of drug-likeness (QED) is 0.148. The number of hydrogen-bond donors (Lipinski definition) is 0. The summed E-state index contributed by atoms with van der Waals surface area (Å²) in [5.41, 5.74) is 20.3. The monoisotopic (exact) mass is 888 g/mol. The van der Waals surface area contributed by atoms with Gasteiger partial charge in [-0.2, -0.15) is 0 Å². The van der Waals surface area contributed by atoms with E-state index in [1.807, 2.05) is 0 Å². The number of aromatic nitrogens is 1. The Bertz CT molecular complexity index is 3650. The highest BCUT2D eigenvalue weighted by molar-refractivity contribution is 6.17. The van der Waals surface area contributed by atoms with Crippen LogP contribution >= 0.6 is 0 Å². The Morgan fingerprint density at radius 2 is 1.13 bits per heavy atom. The van der Waals surface area contributed by atoms with Gasteiger partial charge >= 0.3 is 0 Å². The van der Waals surface area contributed by atoms with Crippen molar-refractivity contribution in [2.24, 2.45) is 5.92 Å². The molecule has 1 aromatic heterocycles. The van der Waals surface area contributed by atoms with Crippen molar-refractivity contribution in [3.63, 3.8) is 0 Å². The van der Waals surface area contributed by atoms with Gasteiger partial charge in [0, 0.05) is 44.6 Å². The number of benzene rings is 9. The van der Waals surface area contributed by atoms with Crippen LogP contribution in [-0.4, -0.2) is 4.57 Å². The second-order valence-electron chi connectivity index (χ2n) is 19.9. The molecule has 0 radical (unpaired) electrons. The number of hydrogen-bond acceptors (Lipinski definition) is 1. The van der Waals surface area contributed by atoms with Crippen LogP contribution in [0.3, 0.4) is 0 Å². The van der Waals surface area contributed by atoms with E-state index in [0.717, 1.165) is 12.1 Å². The molecule has 2 heteroatoms. The number of anilines is 2. The Morgan fingerprint density at radius 1 is 0.507 bits per heavy atom. The van der Waals surface area contributed by atoms with Gasteiger partial charge in [0.1, 0.15) is 0 Å². The average Bonchev–Trinajstić information content (AvgIpc) is 3.90. The van der Waals surface area contributed by atoms with Crippen LogP contribution in [0, 0.1) is 5.92 Å². The molecular formula is C67H56N2. The van der Waals surface area contributed by atoms with Crippen LogP contribution in [0.2, 0.25) is 0 Å². The van der Waals surface area contributed by atoms with Gasteiger partial charge < -0.3 is 9.47 Å². The van der Waals surface area contributed by atoms with Gasteiger partial charge in [-0.25, -0.2) is 0 Å². The molecule has 2 atom stereocenters. The number of nitrogens with zero attached hydrogens (tertiary/aromatic N) is 2. The van der Waals surface area contributed by atoms with Crippen LogP contribution in [0.15, 0.2) is 224 Å². The number of allylic oxidation sites excluding steroid dienone is 4. The molecule has 0 N–H and O–H groups in total. The number of para-hydroxylation sites is 3. The van der Waals surface area contributed by atoms with Crippen molar-refractivity contribution in [3.05, 3.63) is 252 Å². The molecule has 10 aromatic rings. The minimum absolute atomic E-state index is 0.189. The van der Waals surface area contributed by atoms with Crippen LogP contribution in [-0.2, 0) is 5.41 Å². The van der Waals surface area contributed by atoms with Crippen molar-refractivity contribution in [3.8, 4) is 27.9 Å². The van der Waals surface area contributed by atoms with Gasteiger partial charge in [-0.05, 0) is 124 Å². The van der Waals surface area contributed by atoms with E-state index in [1.54, 1.807) is 0 Å². The average molecular weight is 889 g/mol. The van der Waals surface area contributed by atoms with Gasteiger partial charge in [-0.3, -0.25) is 0 Å². The first-order valence-electron chi connectivity index (χ1n) is 25.3. The van der Waals surface area contributed by atoms with Crippen molar-refractivity contribution in [1.29, 1.82) is 0 Å². The first-order chi connectivity index (χ1) is 34.1. The van der Waals surface area contributed by atoms with Crippen LogP contribution in [0.1, 0.15) is 86.1 Å². The van der Waals surface area contributed by atoms with Crippen molar-refractivity contribution in [2.45, 2.75) is 63.7 Å². The fourth-order valence-corrected chi connectivity index (χ4v) is 12.9. The molecule has 1 heterocycles. The molecule has 2 unspecified atom stereocenters. The Hall–Kier alpha value is -7.68. The Labute approximate surface area is 406 Å². The maximum atomic E-state index is 2.71. The number of fused-ring (bicyclic) bond motifs is 7. The van der Waals surface area contributed by atoms with Crippen LogP contribution in [0.25, 0.3) is 66.1 Å². The lowest BCUT2D eigenvalue weighted by atomic mass is 9.74. The van der Waals surface area contributed by atoms with Crippen LogP contribution in [0.5, 0.6) is 0 Å². The molecule has 0 spiro atoms. The van der Waals surface area contributed by atoms with Crippen molar-refractivity contribution < 1.29 is 0 Å². The molecular weight excluding hydrogens is 833 g/mol. The third-order valence-electron chi connectivity index (χ3n) is 16.1. The molecule has 0 saturated heterocycles. The predicted octanol–water partition coefficient (Wildman–Crippen LogP) is 18.1. The molecule has 0 amide bonds. The minimum Gasteiger partial charge on any atom is -0.312 e. The zero-order valence-electron chi connectivity index (χ0n) is 39.6. The van der Waals surface area contributed by atoms with Gasteiger partial charge in [-0.15, -0.1) is 0 Å². The highest BCUT2D eigenvalue weighted by Crippen LogP contribution is 2.56. The van der Waals surface area contributed by atoms with E-state index >= 15 is 0 Å². The summed E-state index contributed by atoms with van der Waals surface area (Å²) >= 11 is 0. The van der Waals surface area contributed by atoms with Gasteiger partial charge in [0.15, 0.2) is 0 Å². The Morgan fingerprint density at radius 3 is 1.97 bits per heavy atom. The highest BCUT2D eigenvalue weighted by Gasteiger charge is 2.42. The second-order valence-corrected chi connectivity index (χ2v) is 19.9. The lowest BCUT2D eigenvalue weighted by molar-refractivity contribution is 0.445. The summed E-state index contributed by atoms with van der Waals surface area (Å²) < 4.78 is 2.46. The molecule has 13 rings (SSSR count). The molecule has 3 aliphatic carbocycles. The highest BCUT2D eigenvalue weighted by atomic mass is 15.2. The Kier molecular flexibility index (Phi) is 10.1. The van der Waals surface area contributed by atoms with E-state index in [1.165, 1.54) is 137 Å². The largest absolute Gasteiger partial charge is 0.312 e.